The molecule has 1 amide bonds. The van der Waals surface area contributed by atoms with Crippen molar-refractivity contribution in [2.75, 3.05) is 7.05 Å². The number of thiophene rings is 1. The van der Waals surface area contributed by atoms with Crippen LogP contribution in [-0.2, 0) is 23.0 Å². The first kappa shape index (κ1) is 20.7. The summed E-state index contributed by atoms with van der Waals surface area (Å²) in [5.74, 6) is 1.31. The highest BCUT2D eigenvalue weighted by atomic mass is 32.2. The molecule has 30 heavy (non-hydrogen) atoms. The van der Waals surface area contributed by atoms with E-state index in [1.807, 2.05) is 24.4 Å². The van der Waals surface area contributed by atoms with Crippen molar-refractivity contribution < 1.29 is 13.2 Å². The first-order valence-electron chi connectivity index (χ1n) is 9.75. The average Bonchev–Trinajstić information content (AvgIpc) is 3.43. The van der Waals surface area contributed by atoms with E-state index in [0.29, 0.717) is 11.1 Å². The summed E-state index contributed by atoms with van der Waals surface area (Å²) in [6.45, 7) is 2.71. The van der Waals surface area contributed by atoms with Gasteiger partial charge >= 0.3 is 0 Å². The van der Waals surface area contributed by atoms with Crippen molar-refractivity contribution in [2.45, 2.75) is 43.7 Å². The molecule has 2 N–H and O–H groups in total. The van der Waals surface area contributed by atoms with Crippen molar-refractivity contribution >= 4 is 27.3 Å². The van der Waals surface area contributed by atoms with Gasteiger partial charge in [-0.25, -0.2) is 13.1 Å². The smallest absolute Gasteiger partial charge is 0.252 e. The van der Waals surface area contributed by atoms with E-state index in [2.05, 4.69) is 24.8 Å². The highest BCUT2D eigenvalue weighted by Crippen LogP contribution is 2.30. The van der Waals surface area contributed by atoms with Crippen LogP contribution in [0.15, 0.2) is 40.6 Å². The van der Waals surface area contributed by atoms with Crippen LogP contribution in [-0.4, -0.2) is 36.1 Å². The van der Waals surface area contributed by atoms with Crippen LogP contribution in [0.4, 0.5) is 0 Å². The van der Waals surface area contributed by atoms with Crippen molar-refractivity contribution in [2.24, 2.45) is 0 Å². The minimum atomic E-state index is -3.68. The number of nitrogens with one attached hydrogen (secondary N) is 2. The van der Waals surface area contributed by atoms with Crippen LogP contribution in [0, 0.1) is 0 Å². The van der Waals surface area contributed by atoms with E-state index in [1.54, 1.807) is 6.07 Å². The van der Waals surface area contributed by atoms with E-state index >= 15 is 0 Å². The third-order valence-electron chi connectivity index (χ3n) is 5.22. The summed E-state index contributed by atoms with van der Waals surface area (Å²) in [4.78, 5) is 14.2. The summed E-state index contributed by atoms with van der Waals surface area (Å²) in [6.07, 6.45) is 3.04. The molecule has 1 atom stereocenters. The minimum absolute atomic E-state index is 0.0444. The zero-order valence-corrected chi connectivity index (χ0v) is 18.4. The number of benzene rings is 1. The predicted molar refractivity (Wildman–Crippen MR) is 115 cm³/mol. The van der Waals surface area contributed by atoms with Crippen LogP contribution < -0.4 is 10.0 Å². The highest BCUT2D eigenvalue weighted by molar-refractivity contribution is 7.89. The summed E-state index contributed by atoms with van der Waals surface area (Å²) in [5.41, 5.74) is 0.993. The molecule has 1 aliphatic rings. The normalized spacial score (nSPS) is 14.9. The molecule has 0 aliphatic carbocycles. The molecule has 4 rings (SSSR count). The van der Waals surface area contributed by atoms with E-state index in [9.17, 15) is 13.2 Å². The van der Waals surface area contributed by atoms with Crippen LogP contribution in [0.25, 0.3) is 10.4 Å². The fourth-order valence-electron chi connectivity index (χ4n) is 3.63. The number of rotatable bonds is 6. The van der Waals surface area contributed by atoms with Gasteiger partial charge in [-0.1, -0.05) is 12.1 Å². The second kappa shape index (κ2) is 8.29. The zero-order chi connectivity index (χ0) is 21.3. The summed E-state index contributed by atoms with van der Waals surface area (Å²) < 4.78 is 28.9. The molecule has 0 fully saturated rings. The molecule has 1 unspecified atom stereocenters. The molecule has 0 spiro atoms. The molecule has 1 aromatic carbocycles. The Morgan fingerprint density at radius 1 is 1.23 bits per heavy atom. The molecule has 0 saturated carbocycles. The number of aryl methyl sites for hydroxylation is 1. The quantitative estimate of drug-likeness (QED) is 0.607. The number of carbonyl (C=O) groups excluding carboxylic acids is 1. The topological polar surface area (TPSA) is 106 Å². The number of sulfonamides is 1. The van der Waals surface area contributed by atoms with Crippen LogP contribution in [0.2, 0.25) is 0 Å². The van der Waals surface area contributed by atoms with Gasteiger partial charge in [0.05, 0.1) is 10.9 Å². The van der Waals surface area contributed by atoms with Gasteiger partial charge in [-0.2, -0.15) is 0 Å². The number of hydrogen-bond acceptors (Lipinski definition) is 6. The Morgan fingerprint density at radius 3 is 2.80 bits per heavy atom. The third-order valence-corrected chi connectivity index (χ3v) is 7.54. The number of aromatic nitrogens is 3. The fourth-order valence-corrected chi connectivity index (χ4v) is 5.15. The lowest BCUT2D eigenvalue weighted by atomic mass is 10.0. The molecule has 8 nitrogen and oxygen atoms in total. The average molecular weight is 446 g/mol. The molecule has 0 saturated heterocycles. The molecule has 0 bridgehead atoms. The number of amides is 1. The van der Waals surface area contributed by atoms with Crippen molar-refractivity contribution in [1.29, 1.82) is 0 Å². The summed E-state index contributed by atoms with van der Waals surface area (Å²) >= 11 is 1.49. The van der Waals surface area contributed by atoms with Gasteiger partial charge in [0, 0.05) is 29.0 Å². The number of nitrogens with zero attached hydrogens (tertiary/aromatic N) is 3. The standard InChI is InChI=1S/C20H23N5O3S2/c1-13(19-24-23-18-7-3-4-10-25(18)19)22-20(26)16-12-14(30(27,28)21-2)8-9-15(16)17-6-5-11-29-17/h5-6,8-9,11-13,21H,3-4,7,10H2,1-2H3,(H,22,26). The zero-order valence-electron chi connectivity index (χ0n) is 16.8. The van der Waals surface area contributed by atoms with Gasteiger partial charge in [-0.3, -0.25) is 4.79 Å². The number of hydrogen-bond donors (Lipinski definition) is 2. The monoisotopic (exact) mass is 445 g/mol. The predicted octanol–water partition coefficient (Wildman–Crippen LogP) is 2.74. The molecule has 2 aromatic heterocycles. The SMILES string of the molecule is CNS(=O)(=O)c1ccc(-c2cccs2)c(C(=O)NC(C)c2nnc3n2CCCC3)c1. The maximum atomic E-state index is 13.2. The first-order valence-corrected chi connectivity index (χ1v) is 12.1. The van der Waals surface area contributed by atoms with Crippen molar-refractivity contribution in [3.8, 4) is 10.4 Å². The van der Waals surface area contributed by atoms with Crippen molar-refractivity contribution in [3.05, 3.63) is 52.9 Å². The van der Waals surface area contributed by atoms with Crippen LogP contribution >= 0.6 is 11.3 Å². The second-order valence-corrected chi connectivity index (χ2v) is 10.0. The number of fused-ring (bicyclic) bond motifs is 1. The van der Waals surface area contributed by atoms with E-state index in [-0.39, 0.29) is 16.8 Å². The Balaban J connectivity index is 1.68. The third kappa shape index (κ3) is 3.90. The van der Waals surface area contributed by atoms with Gasteiger partial charge in [-0.15, -0.1) is 21.5 Å². The Kier molecular flexibility index (Phi) is 5.72. The fraction of sp³-hybridized carbons (Fsp3) is 0.350. The molecule has 1 aliphatic heterocycles. The second-order valence-electron chi connectivity index (χ2n) is 7.17. The van der Waals surface area contributed by atoms with E-state index in [4.69, 9.17) is 0 Å². The lowest BCUT2D eigenvalue weighted by Gasteiger charge is -2.19. The Labute approximate surface area is 179 Å². The number of carbonyl (C=O) groups is 1. The summed E-state index contributed by atoms with van der Waals surface area (Å²) in [6, 6.07) is 8.04. The maximum absolute atomic E-state index is 13.2. The van der Waals surface area contributed by atoms with Gasteiger partial charge < -0.3 is 9.88 Å². The molecule has 158 valence electrons. The lowest BCUT2D eigenvalue weighted by molar-refractivity contribution is 0.0938. The van der Waals surface area contributed by atoms with Crippen molar-refractivity contribution in [3.63, 3.8) is 0 Å². The summed E-state index contributed by atoms with van der Waals surface area (Å²) in [5, 5.41) is 13.4. The largest absolute Gasteiger partial charge is 0.342 e. The molecule has 10 heteroatoms. The van der Waals surface area contributed by atoms with E-state index in [1.165, 1.54) is 30.5 Å². The Bertz CT molecular complexity index is 1170. The van der Waals surface area contributed by atoms with Gasteiger partial charge in [0.15, 0.2) is 5.82 Å². The van der Waals surface area contributed by atoms with Gasteiger partial charge in [0.1, 0.15) is 5.82 Å². The van der Waals surface area contributed by atoms with Gasteiger partial charge in [0.2, 0.25) is 10.0 Å². The lowest BCUT2D eigenvalue weighted by Crippen LogP contribution is -2.30. The first-order chi connectivity index (χ1) is 14.4. The van der Waals surface area contributed by atoms with E-state index in [0.717, 1.165) is 42.3 Å². The molecule has 3 aromatic rings. The molecule has 0 radical (unpaired) electrons. The Hall–Kier alpha value is -2.56. The van der Waals surface area contributed by atoms with Crippen LogP contribution in [0.5, 0.6) is 0 Å². The van der Waals surface area contributed by atoms with Crippen LogP contribution in [0.1, 0.15) is 47.8 Å². The van der Waals surface area contributed by atoms with E-state index < -0.39 is 10.0 Å². The molecule has 3 heterocycles. The van der Waals surface area contributed by atoms with Gasteiger partial charge in [-0.05, 0) is 50.4 Å². The maximum Gasteiger partial charge on any atom is 0.252 e. The molecular weight excluding hydrogens is 422 g/mol. The van der Waals surface area contributed by atoms with Gasteiger partial charge in [0.25, 0.3) is 5.91 Å². The van der Waals surface area contributed by atoms with Crippen LogP contribution in [0.3, 0.4) is 0 Å². The summed E-state index contributed by atoms with van der Waals surface area (Å²) in [7, 11) is -2.33. The highest BCUT2D eigenvalue weighted by Gasteiger charge is 2.24. The minimum Gasteiger partial charge on any atom is -0.342 e. The Morgan fingerprint density at radius 2 is 2.07 bits per heavy atom. The van der Waals surface area contributed by atoms with Crippen molar-refractivity contribution in [1.82, 2.24) is 24.8 Å². The molecular formula is C20H23N5O3S2.